The molecule has 3 heteroatoms. The van der Waals surface area contributed by atoms with E-state index < -0.39 is 0 Å². The summed E-state index contributed by atoms with van der Waals surface area (Å²) < 4.78 is 0. The fraction of sp³-hybridized carbons (Fsp3) is 0.667. The summed E-state index contributed by atoms with van der Waals surface area (Å²) in [6, 6.07) is 0. The first kappa shape index (κ1) is 9.10. The lowest BCUT2D eigenvalue weighted by atomic mass is 9.93. The van der Waals surface area contributed by atoms with Crippen molar-refractivity contribution in [1.82, 2.24) is 4.90 Å². The summed E-state index contributed by atoms with van der Waals surface area (Å²) >= 11 is 0. The highest BCUT2D eigenvalue weighted by Crippen LogP contribution is 2.29. The molecule has 0 aromatic rings. The molecule has 0 aromatic heterocycles. The molecular weight excluding hydrogens is 152 g/mol. The molecule has 12 heavy (non-hydrogen) atoms. The van der Waals surface area contributed by atoms with Gasteiger partial charge >= 0.3 is 0 Å². The van der Waals surface area contributed by atoms with Crippen molar-refractivity contribution in [2.24, 2.45) is 11.1 Å². The van der Waals surface area contributed by atoms with Gasteiger partial charge in [-0.15, -0.1) is 0 Å². The number of carbonyl (C=O) groups is 1. The number of carbonyl (C=O) groups excluding carboxylic acids is 1. The molecule has 0 radical (unpaired) electrons. The fourth-order valence-corrected chi connectivity index (χ4v) is 1.57. The fourth-order valence-electron chi connectivity index (χ4n) is 1.57. The van der Waals surface area contributed by atoms with E-state index in [1.165, 1.54) is 0 Å². The highest BCUT2D eigenvalue weighted by molar-refractivity contribution is 5.79. The third-order valence-electron chi connectivity index (χ3n) is 2.00. The Labute approximate surface area is 73.2 Å². The molecule has 0 atom stereocenters. The molecule has 1 fully saturated rings. The van der Waals surface area contributed by atoms with E-state index in [1.807, 2.05) is 0 Å². The van der Waals surface area contributed by atoms with Crippen LogP contribution >= 0.6 is 0 Å². The average molecular weight is 168 g/mol. The van der Waals surface area contributed by atoms with Crippen LogP contribution in [0.15, 0.2) is 12.3 Å². The van der Waals surface area contributed by atoms with Crippen molar-refractivity contribution < 1.29 is 4.79 Å². The van der Waals surface area contributed by atoms with Crippen LogP contribution in [0.25, 0.3) is 0 Å². The number of amides is 1. The Morgan fingerprint density at radius 3 is 2.67 bits per heavy atom. The van der Waals surface area contributed by atoms with Gasteiger partial charge in [-0.2, -0.15) is 0 Å². The summed E-state index contributed by atoms with van der Waals surface area (Å²) in [5.41, 5.74) is 6.09. The van der Waals surface area contributed by atoms with Gasteiger partial charge in [-0.3, -0.25) is 4.79 Å². The molecule has 3 nitrogen and oxygen atoms in total. The van der Waals surface area contributed by atoms with Crippen LogP contribution in [-0.2, 0) is 4.79 Å². The van der Waals surface area contributed by atoms with E-state index in [0.717, 1.165) is 6.54 Å². The first-order valence-corrected chi connectivity index (χ1v) is 4.12. The summed E-state index contributed by atoms with van der Waals surface area (Å²) in [6.07, 6.45) is 0.625. The van der Waals surface area contributed by atoms with Gasteiger partial charge in [0.15, 0.2) is 0 Å². The van der Waals surface area contributed by atoms with Crippen LogP contribution in [-0.4, -0.2) is 23.9 Å². The highest BCUT2D eigenvalue weighted by atomic mass is 16.2. The zero-order valence-electron chi connectivity index (χ0n) is 7.76. The van der Waals surface area contributed by atoms with Crippen LogP contribution in [0.3, 0.4) is 0 Å². The topological polar surface area (TPSA) is 46.3 Å². The Hall–Kier alpha value is -0.990. The number of hydrogen-bond acceptors (Lipinski definition) is 2. The van der Waals surface area contributed by atoms with Crippen molar-refractivity contribution in [3.8, 4) is 0 Å². The quantitative estimate of drug-likeness (QED) is 0.660. The zero-order valence-corrected chi connectivity index (χ0v) is 7.76. The Balaban J connectivity index is 2.58. The number of likely N-dealkylation sites (tertiary alicyclic amines) is 1. The second-order valence-electron chi connectivity index (χ2n) is 4.25. The molecule has 0 aromatic carbocycles. The van der Waals surface area contributed by atoms with Crippen molar-refractivity contribution >= 4 is 5.91 Å². The molecule has 1 saturated heterocycles. The minimum absolute atomic E-state index is 0.104. The number of nitrogens with zero attached hydrogens (tertiary/aromatic N) is 1. The van der Waals surface area contributed by atoms with Crippen LogP contribution in [0, 0.1) is 5.41 Å². The maximum Gasteiger partial charge on any atom is 0.223 e. The van der Waals surface area contributed by atoms with E-state index in [-0.39, 0.29) is 11.3 Å². The maximum atomic E-state index is 11.4. The molecule has 0 saturated carbocycles. The van der Waals surface area contributed by atoms with Gasteiger partial charge in [-0.25, -0.2) is 0 Å². The highest BCUT2D eigenvalue weighted by Gasteiger charge is 2.35. The van der Waals surface area contributed by atoms with E-state index in [1.54, 1.807) is 4.90 Å². The second kappa shape index (κ2) is 2.81. The number of rotatable bonds is 2. The molecule has 0 bridgehead atoms. The summed E-state index contributed by atoms with van der Waals surface area (Å²) in [6.45, 7) is 9.06. The van der Waals surface area contributed by atoms with Crippen molar-refractivity contribution in [1.29, 1.82) is 0 Å². The smallest absolute Gasteiger partial charge is 0.223 e. The maximum absolute atomic E-state index is 11.4. The Bertz CT molecular complexity index is 221. The third kappa shape index (κ3) is 2.00. The van der Waals surface area contributed by atoms with E-state index in [4.69, 9.17) is 5.73 Å². The van der Waals surface area contributed by atoms with Gasteiger partial charge in [-0.1, -0.05) is 20.4 Å². The first-order valence-electron chi connectivity index (χ1n) is 4.12. The molecule has 68 valence electrons. The second-order valence-corrected chi connectivity index (χ2v) is 4.25. The summed E-state index contributed by atoms with van der Waals surface area (Å²) in [4.78, 5) is 13.1. The summed E-state index contributed by atoms with van der Waals surface area (Å²) in [7, 11) is 0. The van der Waals surface area contributed by atoms with Crippen LogP contribution in [0.5, 0.6) is 0 Å². The van der Waals surface area contributed by atoms with Crippen LogP contribution in [0.4, 0.5) is 0 Å². The molecule has 1 heterocycles. The van der Waals surface area contributed by atoms with E-state index in [2.05, 4.69) is 20.4 Å². The minimum Gasteiger partial charge on any atom is -0.401 e. The van der Waals surface area contributed by atoms with Crippen molar-refractivity contribution in [3.63, 3.8) is 0 Å². The van der Waals surface area contributed by atoms with Gasteiger partial charge in [0.25, 0.3) is 0 Å². The van der Waals surface area contributed by atoms with Crippen LogP contribution < -0.4 is 5.73 Å². The summed E-state index contributed by atoms with van der Waals surface area (Å²) in [5.74, 6) is 0.187. The lowest BCUT2D eigenvalue weighted by Gasteiger charge is -2.19. The molecular formula is C9H16N2O. The zero-order chi connectivity index (χ0) is 9.35. The van der Waals surface area contributed by atoms with Gasteiger partial charge in [0, 0.05) is 18.7 Å². The monoisotopic (exact) mass is 168 g/mol. The van der Waals surface area contributed by atoms with Gasteiger partial charge in [0.05, 0.1) is 6.54 Å². The SMILES string of the molecule is C=C(N)CN1CC(C)(C)CC1=O. The van der Waals surface area contributed by atoms with Crippen LogP contribution in [0.1, 0.15) is 20.3 Å². The molecule has 1 aliphatic heterocycles. The molecule has 1 aliphatic rings. The van der Waals surface area contributed by atoms with Gasteiger partial charge in [0.1, 0.15) is 0 Å². The lowest BCUT2D eigenvalue weighted by Crippen LogP contribution is -2.30. The molecule has 2 N–H and O–H groups in total. The number of nitrogens with two attached hydrogens (primary N) is 1. The van der Waals surface area contributed by atoms with E-state index in [0.29, 0.717) is 18.7 Å². The van der Waals surface area contributed by atoms with Gasteiger partial charge in [-0.05, 0) is 5.41 Å². The standard InChI is InChI=1S/C9H16N2O/c1-7(10)5-11-6-9(2,3)4-8(11)12/h1,4-6,10H2,2-3H3. The molecule has 1 rings (SSSR count). The Kier molecular flexibility index (Phi) is 2.13. The molecule has 0 unspecified atom stereocenters. The predicted molar refractivity (Wildman–Crippen MR) is 48.3 cm³/mol. The third-order valence-corrected chi connectivity index (χ3v) is 2.00. The number of hydrogen-bond donors (Lipinski definition) is 1. The van der Waals surface area contributed by atoms with Crippen molar-refractivity contribution in [2.75, 3.05) is 13.1 Å². The largest absolute Gasteiger partial charge is 0.401 e. The Morgan fingerprint density at radius 1 is 1.75 bits per heavy atom. The van der Waals surface area contributed by atoms with Gasteiger partial charge < -0.3 is 10.6 Å². The minimum atomic E-state index is 0.104. The van der Waals surface area contributed by atoms with Crippen LogP contribution in [0.2, 0.25) is 0 Å². The molecule has 0 spiro atoms. The molecule has 1 amide bonds. The van der Waals surface area contributed by atoms with E-state index >= 15 is 0 Å². The molecule has 0 aliphatic carbocycles. The van der Waals surface area contributed by atoms with E-state index in [9.17, 15) is 4.79 Å². The predicted octanol–water partition coefficient (Wildman–Crippen LogP) is 0.717. The van der Waals surface area contributed by atoms with Gasteiger partial charge in [0.2, 0.25) is 5.91 Å². The Morgan fingerprint density at radius 2 is 2.33 bits per heavy atom. The summed E-state index contributed by atoms with van der Waals surface area (Å²) in [5, 5.41) is 0. The first-order chi connectivity index (χ1) is 5.41. The lowest BCUT2D eigenvalue weighted by molar-refractivity contribution is -0.127. The van der Waals surface area contributed by atoms with Crippen molar-refractivity contribution in [2.45, 2.75) is 20.3 Å². The van der Waals surface area contributed by atoms with Crippen molar-refractivity contribution in [3.05, 3.63) is 12.3 Å². The normalized spacial score (nSPS) is 21.5. The average Bonchev–Trinajstić information content (AvgIpc) is 2.03.